The molecule has 0 saturated carbocycles. The summed E-state index contributed by atoms with van der Waals surface area (Å²) in [6.45, 7) is 0.0346. The first-order valence-electron chi connectivity index (χ1n) is 9.47. The number of carboxylic acid groups (broad SMARTS) is 1. The summed E-state index contributed by atoms with van der Waals surface area (Å²) in [6.07, 6.45) is 0.222. The van der Waals surface area contributed by atoms with Crippen molar-refractivity contribution in [3.05, 3.63) is 71.8 Å². The minimum atomic E-state index is -2.08. The number of carbonyl (C=O) groups is 3. The smallest absolute Gasteiger partial charge is 0.411 e. The number of ether oxygens (including phenoxy) is 2. The van der Waals surface area contributed by atoms with Gasteiger partial charge in [-0.25, -0.2) is 14.4 Å². The SMILES string of the molecule is O=C(OCc1ccccc1)N1CCCCC1(C(=O)O)C(=O)OCc1ccccc1. The highest BCUT2D eigenvalue weighted by molar-refractivity contribution is 6.06. The fraction of sp³-hybridized carbons (Fsp3) is 0.318. The van der Waals surface area contributed by atoms with Crippen LogP contribution in [0, 0.1) is 0 Å². The molecule has 2 aromatic carbocycles. The Morgan fingerprint density at radius 2 is 1.41 bits per heavy atom. The second-order valence-electron chi connectivity index (χ2n) is 6.88. The number of hydrogen-bond acceptors (Lipinski definition) is 5. The summed E-state index contributed by atoms with van der Waals surface area (Å²) in [5.74, 6) is -2.36. The van der Waals surface area contributed by atoms with E-state index in [0.717, 1.165) is 16.0 Å². The van der Waals surface area contributed by atoms with Crippen LogP contribution in [0.2, 0.25) is 0 Å². The second-order valence-corrected chi connectivity index (χ2v) is 6.88. The number of nitrogens with zero attached hydrogens (tertiary/aromatic N) is 1. The molecule has 0 radical (unpaired) electrons. The van der Waals surface area contributed by atoms with Gasteiger partial charge in [-0.2, -0.15) is 0 Å². The predicted octanol–water partition coefficient (Wildman–Crippen LogP) is 3.38. The third-order valence-corrected chi connectivity index (χ3v) is 4.96. The van der Waals surface area contributed by atoms with Crippen molar-refractivity contribution in [2.24, 2.45) is 0 Å². The number of rotatable bonds is 6. The third kappa shape index (κ3) is 4.56. The van der Waals surface area contributed by atoms with E-state index in [2.05, 4.69) is 0 Å². The molecule has 1 atom stereocenters. The Labute approximate surface area is 168 Å². The van der Waals surface area contributed by atoms with Crippen molar-refractivity contribution in [1.29, 1.82) is 0 Å². The van der Waals surface area contributed by atoms with Crippen molar-refractivity contribution in [2.75, 3.05) is 6.54 Å². The fourth-order valence-electron chi connectivity index (χ4n) is 3.39. The minimum Gasteiger partial charge on any atom is -0.479 e. The lowest BCUT2D eigenvalue weighted by molar-refractivity contribution is -0.174. The van der Waals surface area contributed by atoms with Crippen LogP contribution in [-0.2, 0) is 32.3 Å². The molecule has 0 aliphatic carbocycles. The van der Waals surface area contributed by atoms with E-state index in [4.69, 9.17) is 9.47 Å². The Morgan fingerprint density at radius 1 is 0.862 bits per heavy atom. The molecule has 29 heavy (non-hydrogen) atoms. The maximum Gasteiger partial charge on any atom is 0.411 e. The molecule has 1 N–H and O–H groups in total. The van der Waals surface area contributed by atoms with E-state index in [1.165, 1.54) is 0 Å². The van der Waals surface area contributed by atoms with Gasteiger partial charge in [0.1, 0.15) is 13.2 Å². The molecule has 1 amide bonds. The van der Waals surface area contributed by atoms with Gasteiger partial charge in [0.05, 0.1) is 0 Å². The maximum atomic E-state index is 12.9. The molecule has 1 aliphatic rings. The zero-order chi connectivity index (χ0) is 20.7. The van der Waals surface area contributed by atoms with E-state index in [1.807, 2.05) is 24.3 Å². The minimum absolute atomic E-state index is 0.00899. The van der Waals surface area contributed by atoms with Crippen molar-refractivity contribution < 1.29 is 29.0 Å². The van der Waals surface area contributed by atoms with Gasteiger partial charge in [-0.3, -0.25) is 4.90 Å². The molecule has 0 spiro atoms. The van der Waals surface area contributed by atoms with Crippen LogP contribution in [0.5, 0.6) is 0 Å². The molecule has 1 unspecified atom stereocenters. The number of esters is 1. The Hall–Kier alpha value is -3.35. The number of carboxylic acids is 1. The van der Waals surface area contributed by atoms with Gasteiger partial charge in [-0.05, 0) is 30.4 Å². The molecule has 1 saturated heterocycles. The lowest BCUT2D eigenvalue weighted by Crippen LogP contribution is -2.64. The highest BCUT2D eigenvalue weighted by Crippen LogP contribution is 2.31. The highest BCUT2D eigenvalue weighted by atomic mass is 16.6. The predicted molar refractivity (Wildman–Crippen MR) is 104 cm³/mol. The first-order valence-corrected chi connectivity index (χ1v) is 9.47. The monoisotopic (exact) mass is 397 g/mol. The van der Waals surface area contributed by atoms with Crippen molar-refractivity contribution >= 4 is 18.0 Å². The van der Waals surface area contributed by atoms with Crippen LogP contribution in [0.3, 0.4) is 0 Å². The fourth-order valence-corrected chi connectivity index (χ4v) is 3.39. The number of piperidine rings is 1. The van der Waals surface area contributed by atoms with Gasteiger partial charge in [-0.1, -0.05) is 60.7 Å². The molecule has 2 aromatic rings. The zero-order valence-corrected chi connectivity index (χ0v) is 16.0. The normalized spacial score (nSPS) is 18.7. The van der Waals surface area contributed by atoms with Crippen LogP contribution in [-0.4, -0.2) is 40.1 Å². The van der Waals surface area contributed by atoms with Gasteiger partial charge in [0, 0.05) is 6.54 Å². The molecule has 0 bridgehead atoms. The quantitative estimate of drug-likeness (QED) is 0.593. The van der Waals surface area contributed by atoms with Crippen LogP contribution in [0.25, 0.3) is 0 Å². The standard InChI is InChI=1S/C22H23NO6/c24-19(25)22(20(26)28-15-17-9-3-1-4-10-17)13-7-8-14-23(22)21(27)29-16-18-11-5-2-6-12-18/h1-6,9-12H,7-8,13-16H2,(H,24,25). The first-order chi connectivity index (χ1) is 14.0. The summed E-state index contributed by atoms with van der Waals surface area (Å²) in [6, 6.07) is 18.0. The molecule has 1 heterocycles. The average Bonchev–Trinajstić information content (AvgIpc) is 2.77. The Balaban J connectivity index is 1.75. The second kappa shape index (κ2) is 9.23. The molecular weight excluding hydrogens is 374 g/mol. The van der Waals surface area contributed by atoms with Gasteiger partial charge in [0.15, 0.2) is 0 Å². The number of hydrogen-bond donors (Lipinski definition) is 1. The lowest BCUT2D eigenvalue weighted by atomic mass is 9.87. The summed E-state index contributed by atoms with van der Waals surface area (Å²) in [4.78, 5) is 38.7. The van der Waals surface area contributed by atoms with E-state index < -0.39 is 23.6 Å². The molecule has 1 aliphatic heterocycles. The molecule has 0 aromatic heterocycles. The third-order valence-electron chi connectivity index (χ3n) is 4.96. The zero-order valence-electron chi connectivity index (χ0n) is 16.0. The largest absolute Gasteiger partial charge is 0.479 e. The molecule has 152 valence electrons. The Kier molecular flexibility index (Phi) is 6.49. The van der Waals surface area contributed by atoms with Crippen molar-refractivity contribution in [3.63, 3.8) is 0 Å². The summed E-state index contributed by atoms with van der Waals surface area (Å²) in [7, 11) is 0. The Bertz CT molecular complexity index is 854. The van der Waals surface area contributed by atoms with Gasteiger partial charge < -0.3 is 14.6 Å². The molecule has 7 heteroatoms. The Morgan fingerprint density at radius 3 is 1.97 bits per heavy atom. The maximum absolute atomic E-state index is 12.9. The van der Waals surface area contributed by atoms with E-state index in [1.54, 1.807) is 36.4 Å². The van der Waals surface area contributed by atoms with Crippen LogP contribution in [0.4, 0.5) is 4.79 Å². The van der Waals surface area contributed by atoms with E-state index in [-0.39, 0.29) is 26.2 Å². The van der Waals surface area contributed by atoms with Crippen LogP contribution in [0.15, 0.2) is 60.7 Å². The number of likely N-dealkylation sites (tertiary alicyclic amines) is 1. The van der Waals surface area contributed by atoms with Gasteiger partial charge >= 0.3 is 18.0 Å². The number of amides is 1. The highest BCUT2D eigenvalue weighted by Gasteiger charge is 2.56. The first kappa shape index (κ1) is 20.4. The average molecular weight is 397 g/mol. The van der Waals surface area contributed by atoms with Crippen LogP contribution >= 0.6 is 0 Å². The molecular formula is C22H23NO6. The van der Waals surface area contributed by atoms with Crippen molar-refractivity contribution in [3.8, 4) is 0 Å². The number of aliphatic carboxylic acids is 1. The van der Waals surface area contributed by atoms with Crippen LogP contribution in [0.1, 0.15) is 30.4 Å². The number of carbonyl (C=O) groups excluding carboxylic acids is 2. The molecule has 1 fully saturated rings. The number of benzene rings is 2. The summed E-state index contributed by atoms with van der Waals surface area (Å²) in [5, 5.41) is 9.91. The van der Waals surface area contributed by atoms with Crippen molar-refractivity contribution in [1.82, 2.24) is 4.90 Å². The molecule has 7 nitrogen and oxygen atoms in total. The van der Waals surface area contributed by atoms with Gasteiger partial charge in [-0.15, -0.1) is 0 Å². The van der Waals surface area contributed by atoms with Gasteiger partial charge in [0.25, 0.3) is 0 Å². The lowest BCUT2D eigenvalue weighted by Gasteiger charge is -2.40. The summed E-state index contributed by atoms with van der Waals surface area (Å²) < 4.78 is 10.6. The topological polar surface area (TPSA) is 93.1 Å². The van der Waals surface area contributed by atoms with E-state index >= 15 is 0 Å². The summed E-state index contributed by atoms with van der Waals surface area (Å²) in [5.41, 5.74) is -0.582. The van der Waals surface area contributed by atoms with Crippen LogP contribution < -0.4 is 0 Å². The van der Waals surface area contributed by atoms with Crippen molar-refractivity contribution in [2.45, 2.75) is 38.0 Å². The van der Waals surface area contributed by atoms with Gasteiger partial charge in [0.2, 0.25) is 5.54 Å². The molecule has 3 rings (SSSR count). The van der Waals surface area contributed by atoms with E-state index in [0.29, 0.717) is 12.8 Å². The van der Waals surface area contributed by atoms with E-state index in [9.17, 15) is 19.5 Å². The summed E-state index contributed by atoms with van der Waals surface area (Å²) >= 11 is 0.